The van der Waals surface area contributed by atoms with Crippen LogP contribution >= 0.6 is 0 Å². The van der Waals surface area contributed by atoms with Gasteiger partial charge in [0.2, 0.25) is 0 Å². The third-order valence-corrected chi connectivity index (χ3v) is 3.47. The van der Waals surface area contributed by atoms with Crippen molar-refractivity contribution in [3.05, 3.63) is 41.6 Å². The van der Waals surface area contributed by atoms with Gasteiger partial charge in [-0.15, -0.1) is 0 Å². The Labute approximate surface area is 147 Å². The molecule has 134 valence electrons. The Balaban J connectivity index is 2.02. The summed E-state index contributed by atoms with van der Waals surface area (Å²) in [5.74, 6) is -0.393. The highest BCUT2D eigenvalue weighted by molar-refractivity contribution is 5.89. The molecule has 6 nitrogen and oxygen atoms in total. The summed E-state index contributed by atoms with van der Waals surface area (Å²) in [7, 11) is 1.35. The summed E-state index contributed by atoms with van der Waals surface area (Å²) in [6.07, 6.45) is 5.27. The Bertz CT molecular complexity index is 784. The molecule has 2 aromatic rings. The predicted molar refractivity (Wildman–Crippen MR) is 97.3 cm³/mol. The SMILES string of the molecule is COC(=O)C=Cc1ccc2[nH]cc(CCNC(=O)OC(C)(C)C)c2c1. The van der Waals surface area contributed by atoms with E-state index < -0.39 is 17.7 Å². The van der Waals surface area contributed by atoms with E-state index in [1.165, 1.54) is 13.2 Å². The lowest BCUT2D eigenvalue weighted by molar-refractivity contribution is -0.134. The first-order valence-electron chi connectivity index (χ1n) is 8.11. The summed E-state index contributed by atoms with van der Waals surface area (Å²) in [4.78, 5) is 26.1. The standard InChI is InChI=1S/C19H24N2O4/c1-19(2,3)25-18(23)20-10-9-14-12-21-16-7-5-13(11-15(14)16)6-8-17(22)24-4/h5-8,11-12,21H,9-10H2,1-4H3,(H,20,23). The molecule has 1 aromatic carbocycles. The highest BCUT2D eigenvalue weighted by Gasteiger charge is 2.15. The topological polar surface area (TPSA) is 80.4 Å². The monoisotopic (exact) mass is 344 g/mol. The van der Waals surface area contributed by atoms with E-state index in [4.69, 9.17) is 4.74 Å². The van der Waals surface area contributed by atoms with Crippen LogP contribution in [0.5, 0.6) is 0 Å². The molecule has 0 bridgehead atoms. The molecule has 1 heterocycles. The number of amides is 1. The van der Waals surface area contributed by atoms with Gasteiger partial charge in [-0.05, 0) is 56.5 Å². The lowest BCUT2D eigenvalue weighted by Gasteiger charge is -2.19. The minimum absolute atomic E-state index is 0.393. The van der Waals surface area contributed by atoms with Gasteiger partial charge in [-0.25, -0.2) is 9.59 Å². The van der Waals surface area contributed by atoms with E-state index >= 15 is 0 Å². The predicted octanol–water partition coefficient (Wildman–Crippen LogP) is 3.42. The van der Waals surface area contributed by atoms with Crippen LogP contribution in [0.15, 0.2) is 30.5 Å². The number of hydrogen-bond acceptors (Lipinski definition) is 4. The number of rotatable bonds is 5. The summed E-state index contributed by atoms with van der Waals surface area (Å²) in [5, 5.41) is 3.81. The molecule has 0 radical (unpaired) electrons. The van der Waals surface area contributed by atoms with Crippen molar-refractivity contribution in [2.45, 2.75) is 32.8 Å². The quantitative estimate of drug-likeness (QED) is 0.643. The first kappa shape index (κ1) is 18.6. The van der Waals surface area contributed by atoms with Crippen LogP contribution in [0.4, 0.5) is 4.79 Å². The zero-order valence-electron chi connectivity index (χ0n) is 15.0. The second-order valence-electron chi connectivity index (χ2n) is 6.65. The normalized spacial score (nSPS) is 11.7. The van der Waals surface area contributed by atoms with Gasteiger partial charge in [0.25, 0.3) is 0 Å². The molecule has 0 fully saturated rings. The third-order valence-electron chi connectivity index (χ3n) is 3.47. The number of carbonyl (C=O) groups is 2. The van der Waals surface area contributed by atoms with Crippen LogP contribution in [-0.2, 0) is 20.7 Å². The number of ether oxygens (including phenoxy) is 2. The zero-order chi connectivity index (χ0) is 18.4. The number of benzene rings is 1. The number of methoxy groups -OCH3 is 1. The van der Waals surface area contributed by atoms with E-state index in [0.717, 1.165) is 22.0 Å². The molecule has 0 spiro atoms. The lowest BCUT2D eigenvalue weighted by Crippen LogP contribution is -2.33. The minimum atomic E-state index is -0.508. The zero-order valence-corrected chi connectivity index (χ0v) is 15.0. The fourth-order valence-electron chi connectivity index (χ4n) is 2.35. The fourth-order valence-corrected chi connectivity index (χ4v) is 2.35. The van der Waals surface area contributed by atoms with Crippen molar-refractivity contribution in [2.75, 3.05) is 13.7 Å². The van der Waals surface area contributed by atoms with Crippen LogP contribution < -0.4 is 5.32 Å². The van der Waals surface area contributed by atoms with E-state index in [0.29, 0.717) is 13.0 Å². The maximum atomic E-state index is 11.7. The van der Waals surface area contributed by atoms with E-state index in [1.807, 2.05) is 45.2 Å². The molecule has 0 saturated carbocycles. The van der Waals surface area contributed by atoms with Gasteiger partial charge < -0.3 is 19.8 Å². The largest absolute Gasteiger partial charge is 0.466 e. The van der Waals surface area contributed by atoms with Gasteiger partial charge in [0.15, 0.2) is 0 Å². The average molecular weight is 344 g/mol. The van der Waals surface area contributed by atoms with Gasteiger partial charge in [0.05, 0.1) is 7.11 Å². The first-order valence-corrected chi connectivity index (χ1v) is 8.11. The van der Waals surface area contributed by atoms with Crippen LogP contribution in [0.1, 0.15) is 31.9 Å². The van der Waals surface area contributed by atoms with Crippen molar-refractivity contribution in [1.82, 2.24) is 10.3 Å². The van der Waals surface area contributed by atoms with Crippen LogP contribution in [0, 0.1) is 0 Å². The Hall–Kier alpha value is -2.76. The third kappa shape index (κ3) is 5.67. The summed E-state index contributed by atoms with van der Waals surface area (Å²) in [5.41, 5.74) is 2.48. The molecule has 2 N–H and O–H groups in total. The van der Waals surface area contributed by atoms with Crippen LogP contribution in [0.25, 0.3) is 17.0 Å². The van der Waals surface area contributed by atoms with E-state index in [2.05, 4.69) is 15.0 Å². The minimum Gasteiger partial charge on any atom is -0.466 e. The van der Waals surface area contributed by atoms with Crippen LogP contribution in [0.3, 0.4) is 0 Å². The Kier molecular flexibility index (Phi) is 5.85. The van der Waals surface area contributed by atoms with Crippen LogP contribution in [0.2, 0.25) is 0 Å². The molecule has 25 heavy (non-hydrogen) atoms. The van der Waals surface area contributed by atoms with Crippen molar-refractivity contribution in [3.8, 4) is 0 Å². The Morgan fingerprint density at radius 1 is 1.28 bits per heavy atom. The number of nitrogens with one attached hydrogen (secondary N) is 2. The molecule has 6 heteroatoms. The summed E-state index contributed by atoms with van der Waals surface area (Å²) in [6, 6.07) is 5.87. The number of alkyl carbamates (subject to hydrolysis) is 1. The van der Waals surface area contributed by atoms with Crippen molar-refractivity contribution >= 4 is 29.0 Å². The van der Waals surface area contributed by atoms with Gasteiger partial charge in [0, 0.05) is 29.7 Å². The van der Waals surface area contributed by atoms with Gasteiger partial charge >= 0.3 is 12.1 Å². The van der Waals surface area contributed by atoms with Crippen molar-refractivity contribution in [1.29, 1.82) is 0 Å². The first-order chi connectivity index (χ1) is 11.8. The van der Waals surface area contributed by atoms with Crippen LogP contribution in [-0.4, -0.2) is 36.3 Å². The van der Waals surface area contributed by atoms with E-state index in [1.54, 1.807) is 6.08 Å². The number of H-pyrrole nitrogens is 1. The number of esters is 1. The second kappa shape index (κ2) is 7.88. The van der Waals surface area contributed by atoms with Gasteiger partial charge in [0.1, 0.15) is 5.60 Å². The Morgan fingerprint density at radius 2 is 2.04 bits per heavy atom. The molecule has 0 unspecified atom stereocenters. The van der Waals surface area contributed by atoms with E-state index in [-0.39, 0.29) is 0 Å². The number of aromatic amines is 1. The highest BCUT2D eigenvalue weighted by Crippen LogP contribution is 2.21. The number of fused-ring (bicyclic) bond motifs is 1. The molecule has 1 amide bonds. The number of carbonyl (C=O) groups excluding carboxylic acids is 2. The highest BCUT2D eigenvalue weighted by atomic mass is 16.6. The number of aromatic nitrogens is 1. The molecular formula is C19H24N2O4. The Morgan fingerprint density at radius 3 is 2.72 bits per heavy atom. The second-order valence-corrected chi connectivity index (χ2v) is 6.65. The van der Waals surface area contributed by atoms with Gasteiger partial charge in [-0.2, -0.15) is 0 Å². The summed E-state index contributed by atoms with van der Waals surface area (Å²) >= 11 is 0. The summed E-state index contributed by atoms with van der Waals surface area (Å²) < 4.78 is 9.81. The maximum Gasteiger partial charge on any atom is 0.407 e. The van der Waals surface area contributed by atoms with Crippen molar-refractivity contribution < 1.29 is 19.1 Å². The lowest BCUT2D eigenvalue weighted by atomic mass is 10.1. The van der Waals surface area contributed by atoms with E-state index in [9.17, 15) is 9.59 Å². The van der Waals surface area contributed by atoms with Gasteiger partial charge in [-0.3, -0.25) is 0 Å². The smallest absolute Gasteiger partial charge is 0.407 e. The molecule has 0 saturated heterocycles. The number of hydrogen-bond donors (Lipinski definition) is 2. The fraction of sp³-hybridized carbons (Fsp3) is 0.368. The molecule has 0 aliphatic rings. The summed E-state index contributed by atoms with van der Waals surface area (Å²) in [6.45, 7) is 5.96. The van der Waals surface area contributed by atoms with Gasteiger partial charge in [-0.1, -0.05) is 6.07 Å². The molecule has 2 rings (SSSR count). The maximum absolute atomic E-state index is 11.7. The average Bonchev–Trinajstić information content (AvgIpc) is 2.93. The molecule has 0 aliphatic carbocycles. The molecule has 0 atom stereocenters. The molecule has 1 aromatic heterocycles. The molecule has 0 aliphatic heterocycles. The molecular weight excluding hydrogens is 320 g/mol. The van der Waals surface area contributed by atoms with Crippen molar-refractivity contribution in [2.24, 2.45) is 0 Å². The van der Waals surface area contributed by atoms with Crippen molar-refractivity contribution in [3.63, 3.8) is 0 Å².